The molecule has 0 amide bonds. The Balaban J connectivity index is 1.75. The summed E-state index contributed by atoms with van der Waals surface area (Å²) in [5.74, 6) is 2.77. The first-order valence-corrected chi connectivity index (χ1v) is 9.40. The van der Waals surface area contributed by atoms with E-state index in [4.69, 9.17) is 9.47 Å². The normalized spacial score (nSPS) is 18.6. The molecule has 0 saturated heterocycles. The Labute approximate surface area is 149 Å². The zero-order valence-corrected chi connectivity index (χ0v) is 15.5. The molecule has 0 radical (unpaired) electrons. The summed E-state index contributed by atoms with van der Waals surface area (Å²) in [7, 11) is 3.31. The van der Waals surface area contributed by atoms with Crippen LogP contribution in [0, 0.1) is 0 Å². The SMILES string of the molecule is COc1ccc(C2SC=C3Sc4nnc(C(C)C)n4N32)cc1OC. The summed E-state index contributed by atoms with van der Waals surface area (Å²) >= 11 is 3.44. The van der Waals surface area contributed by atoms with Crippen LogP contribution in [0.1, 0.15) is 36.5 Å². The number of rotatable bonds is 4. The molecule has 1 unspecified atom stereocenters. The lowest BCUT2D eigenvalue weighted by Gasteiger charge is -2.27. The molecule has 6 nitrogen and oxygen atoms in total. The molecule has 1 atom stereocenters. The minimum absolute atomic E-state index is 0.127. The topological polar surface area (TPSA) is 52.4 Å². The molecular formula is C16H18N4O2S2. The fourth-order valence-corrected chi connectivity index (χ4v) is 5.07. The zero-order valence-electron chi connectivity index (χ0n) is 13.9. The van der Waals surface area contributed by atoms with Crippen molar-refractivity contribution in [1.29, 1.82) is 0 Å². The monoisotopic (exact) mass is 362 g/mol. The molecule has 4 rings (SSSR count). The molecule has 2 aliphatic rings. The maximum absolute atomic E-state index is 5.46. The van der Waals surface area contributed by atoms with Gasteiger partial charge in [0.2, 0.25) is 5.16 Å². The summed E-state index contributed by atoms with van der Waals surface area (Å²) in [6.45, 7) is 4.27. The van der Waals surface area contributed by atoms with Crippen molar-refractivity contribution < 1.29 is 9.47 Å². The lowest BCUT2D eigenvalue weighted by molar-refractivity contribution is 0.354. The van der Waals surface area contributed by atoms with Gasteiger partial charge in [-0.1, -0.05) is 31.7 Å². The zero-order chi connectivity index (χ0) is 16.8. The van der Waals surface area contributed by atoms with Gasteiger partial charge in [-0.3, -0.25) is 5.01 Å². The highest BCUT2D eigenvalue weighted by molar-refractivity contribution is 8.07. The third kappa shape index (κ3) is 2.28. The Kier molecular flexibility index (Phi) is 3.88. The first-order chi connectivity index (χ1) is 11.6. The molecule has 2 aliphatic heterocycles. The maximum Gasteiger partial charge on any atom is 0.216 e. The number of methoxy groups -OCH3 is 2. The van der Waals surface area contributed by atoms with Gasteiger partial charge in [-0.15, -0.1) is 10.2 Å². The van der Waals surface area contributed by atoms with E-state index < -0.39 is 0 Å². The molecule has 0 aliphatic carbocycles. The van der Waals surface area contributed by atoms with Gasteiger partial charge < -0.3 is 9.47 Å². The second-order valence-corrected chi connectivity index (χ2v) is 7.75. The minimum atomic E-state index is 0.127. The van der Waals surface area contributed by atoms with Gasteiger partial charge >= 0.3 is 0 Å². The fourth-order valence-electron chi connectivity index (χ4n) is 2.85. The summed E-state index contributed by atoms with van der Waals surface area (Å²) < 4.78 is 12.9. The van der Waals surface area contributed by atoms with E-state index in [-0.39, 0.29) is 5.37 Å². The molecule has 2 aromatic rings. The Morgan fingerprint density at radius 3 is 2.62 bits per heavy atom. The van der Waals surface area contributed by atoms with Gasteiger partial charge in [0.1, 0.15) is 10.4 Å². The van der Waals surface area contributed by atoms with Gasteiger partial charge in [-0.2, -0.15) is 0 Å². The molecule has 0 N–H and O–H groups in total. The van der Waals surface area contributed by atoms with Crippen LogP contribution in [0.2, 0.25) is 0 Å². The lowest BCUT2D eigenvalue weighted by Crippen LogP contribution is -2.31. The van der Waals surface area contributed by atoms with E-state index in [9.17, 15) is 0 Å². The van der Waals surface area contributed by atoms with Crippen LogP contribution < -0.4 is 14.5 Å². The largest absolute Gasteiger partial charge is 0.493 e. The predicted molar refractivity (Wildman–Crippen MR) is 96.1 cm³/mol. The van der Waals surface area contributed by atoms with Gasteiger partial charge in [-0.05, 0) is 29.5 Å². The molecule has 0 spiro atoms. The molecule has 1 aromatic carbocycles. The van der Waals surface area contributed by atoms with Crippen LogP contribution in [-0.4, -0.2) is 29.1 Å². The smallest absolute Gasteiger partial charge is 0.216 e. The molecule has 0 bridgehead atoms. The van der Waals surface area contributed by atoms with Crippen LogP contribution in [0.3, 0.4) is 0 Å². The van der Waals surface area contributed by atoms with E-state index in [0.29, 0.717) is 5.92 Å². The van der Waals surface area contributed by atoms with E-state index in [1.165, 1.54) is 5.03 Å². The van der Waals surface area contributed by atoms with Crippen LogP contribution >= 0.6 is 23.5 Å². The highest BCUT2D eigenvalue weighted by Crippen LogP contribution is 2.52. The second kappa shape index (κ2) is 5.93. The lowest BCUT2D eigenvalue weighted by atomic mass is 10.2. The van der Waals surface area contributed by atoms with Crippen molar-refractivity contribution in [2.75, 3.05) is 19.2 Å². The Bertz CT molecular complexity index is 818. The van der Waals surface area contributed by atoms with Gasteiger partial charge in [0, 0.05) is 11.3 Å². The van der Waals surface area contributed by atoms with Crippen molar-refractivity contribution in [2.45, 2.75) is 30.3 Å². The van der Waals surface area contributed by atoms with Gasteiger partial charge in [0.15, 0.2) is 17.3 Å². The van der Waals surface area contributed by atoms with E-state index in [2.05, 4.69) is 45.2 Å². The van der Waals surface area contributed by atoms with Crippen molar-refractivity contribution in [2.24, 2.45) is 0 Å². The average molecular weight is 362 g/mol. The molecule has 0 fully saturated rings. The van der Waals surface area contributed by atoms with Gasteiger partial charge in [0.25, 0.3) is 0 Å². The number of ether oxygens (including phenoxy) is 2. The van der Waals surface area contributed by atoms with Crippen molar-refractivity contribution in [3.05, 3.63) is 40.0 Å². The standard InChI is InChI=1S/C16H18N4O2S2/c1-9(2)14-17-18-16-20(14)19-13(24-16)8-23-15(19)10-5-6-11(21-3)12(7-10)22-4/h5-9,15H,1-4H3. The number of thioether (sulfide) groups is 2. The number of fused-ring (bicyclic) bond motifs is 3. The molecule has 0 saturated carbocycles. The van der Waals surface area contributed by atoms with Crippen LogP contribution in [0.25, 0.3) is 0 Å². The molecule has 8 heteroatoms. The highest BCUT2D eigenvalue weighted by Gasteiger charge is 2.40. The van der Waals surface area contributed by atoms with Gasteiger partial charge in [-0.25, -0.2) is 4.68 Å². The van der Waals surface area contributed by atoms with Crippen LogP contribution in [0.5, 0.6) is 11.5 Å². The highest BCUT2D eigenvalue weighted by atomic mass is 32.2. The first-order valence-electron chi connectivity index (χ1n) is 7.64. The Hall–Kier alpha value is -1.80. The van der Waals surface area contributed by atoms with Crippen LogP contribution in [-0.2, 0) is 0 Å². The third-order valence-corrected chi connectivity index (χ3v) is 6.19. The third-order valence-electron chi connectivity index (χ3n) is 4.00. The molecule has 1 aromatic heterocycles. The van der Waals surface area contributed by atoms with Crippen LogP contribution in [0.15, 0.2) is 33.8 Å². The summed E-state index contributed by atoms with van der Waals surface area (Å²) in [4.78, 5) is 0. The van der Waals surface area contributed by atoms with Crippen molar-refractivity contribution in [1.82, 2.24) is 14.9 Å². The molecule has 126 valence electrons. The van der Waals surface area contributed by atoms with Crippen molar-refractivity contribution in [3.63, 3.8) is 0 Å². The van der Waals surface area contributed by atoms with E-state index in [0.717, 1.165) is 28.0 Å². The second-order valence-electron chi connectivity index (χ2n) is 5.81. The number of nitrogens with zero attached hydrogens (tertiary/aromatic N) is 4. The molecule has 3 heterocycles. The maximum atomic E-state index is 5.46. The summed E-state index contributed by atoms with van der Waals surface area (Å²) in [6, 6.07) is 6.07. The Morgan fingerprint density at radius 1 is 1.12 bits per heavy atom. The Morgan fingerprint density at radius 2 is 1.92 bits per heavy atom. The van der Waals surface area contributed by atoms with E-state index in [1.807, 2.05) is 12.1 Å². The first kappa shape index (κ1) is 15.7. The van der Waals surface area contributed by atoms with Crippen molar-refractivity contribution in [3.8, 4) is 11.5 Å². The number of hydrogen-bond donors (Lipinski definition) is 0. The number of aromatic nitrogens is 3. The number of hydrogen-bond acceptors (Lipinski definition) is 7. The fraction of sp³-hybridized carbons (Fsp3) is 0.375. The quantitative estimate of drug-likeness (QED) is 0.822. The van der Waals surface area contributed by atoms with E-state index >= 15 is 0 Å². The van der Waals surface area contributed by atoms with Crippen LogP contribution in [0.4, 0.5) is 0 Å². The molecule has 24 heavy (non-hydrogen) atoms. The minimum Gasteiger partial charge on any atom is -0.493 e. The van der Waals surface area contributed by atoms with E-state index in [1.54, 1.807) is 37.7 Å². The predicted octanol–water partition coefficient (Wildman–Crippen LogP) is 3.71. The number of benzene rings is 1. The summed E-state index contributed by atoms with van der Waals surface area (Å²) in [6.07, 6.45) is 0. The molecular weight excluding hydrogens is 344 g/mol. The summed E-state index contributed by atoms with van der Waals surface area (Å²) in [5, 5.41) is 15.4. The average Bonchev–Trinajstić information content (AvgIpc) is 3.24. The summed E-state index contributed by atoms with van der Waals surface area (Å²) in [5.41, 5.74) is 1.15. The van der Waals surface area contributed by atoms with Crippen molar-refractivity contribution >= 4 is 23.5 Å². The van der Waals surface area contributed by atoms with Gasteiger partial charge in [0.05, 0.1) is 14.2 Å².